The second-order valence-electron chi connectivity index (χ2n) is 5.83. The summed E-state index contributed by atoms with van der Waals surface area (Å²) in [5.41, 5.74) is 2.96. The van der Waals surface area contributed by atoms with Crippen molar-refractivity contribution in [1.82, 2.24) is 9.80 Å². The van der Waals surface area contributed by atoms with Gasteiger partial charge in [0, 0.05) is 19.6 Å². The predicted molar refractivity (Wildman–Crippen MR) is 81.0 cm³/mol. The Balaban J connectivity index is 2.26. The molecule has 0 amide bonds. The first-order valence-electron chi connectivity index (χ1n) is 7.28. The first-order chi connectivity index (χ1) is 8.58. The van der Waals surface area contributed by atoms with Gasteiger partial charge in [-0.1, -0.05) is 23.3 Å². The van der Waals surface area contributed by atoms with E-state index in [0.29, 0.717) is 0 Å². The van der Waals surface area contributed by atoms with Crippen LogP contribution in [0.4, 0.5) is 0 Å². The van der Waals surface area contributed by atoms with E-state index in [4.69, 9.17) is 0 Å². The Hall–Kier alpha value is -0.600. The second-order valence-corrected chi connectivity index (χ2v) is 5.83. The van der Waals surface area contributed by atoms with Gasteiger partial charge < -0.3 is 4.90 Å². The molecule has 0 bridgehead atoms. The summed E-state index contributed by atoms with van der Waals surface area (Å²) < 4.78 is 0. The van der Waals surface area contributed by atoms with Crippen molar-refractivity contribution in [2.45, 2.75) is 40.0 Å². The highest BCUT2D eigenvalue weighted by Crippen LogP contribution is 2.08. The van der Waals surface area contributed by atoms with Gasteiger partial charge in [0.2, 0.25) is 0 Å². The van der Waals surface area contributed by atoms with Gasteiger partial charge >= 0.3 is 0 Å². The van der Waals surface area contributed by atoms with E-state index in [-0.39, 0.29) is 0 Å². The second kappa shape index (κ2) is 8.49. The van der Waals surface area contributed by atoms with Crippen LogP contribution in [0.25, 0.3) is 0 Å². The topological polar surface area (TPSA) is 6.48 Å². The van der Waals surface area contributed by atoms with Crippen LogP contribution in [0.3, 0.4) is 0 Å². The van der Waals surface area contributed by atoms with Gasteiger partial charge in [0.15, 0.2) is 0 Å². The minimum Gasteiger partial charge on any atom is -0.305 e. The molecule has 0 N–H and O–H groups in total. The van der Waals surface area contributed by atoms with Crippen LogP contribution in [0, 0.1) is 0 Å². The van der Waals surface area contributed by atoms with E-state index in [9.17, 15) is 0 Å². The summed E-state index contributed by atoms with van der Waals surface area (Å²) in [6.07, 6.45) is 8.45. The molecule has 0 atom stereocenters. The Bertz CT molecular complexity index is 287. The minimum absolute atomic E-state index is 1.13. The van der Waals surface area contributed by atoms with Crippen LogP contribution in [-0.4, -0.2) is 49.6 Å². The fourth-order valence-corrected chi connectivity index (χ4v) is 2.26. The monoisotopic (exact) mass is 250 g/mol. The first-order valence-corrected chi connectivity index (χ1v) is 7.28. The lowest BCUT2D eigenvalue weighted by Gasteiger charge is -2.18. The van der Waals surface area contributed by atoms with E-state index >= 15 is 0 Å². The van der Waals surface area contributed by atoms with Crippen molar-refractivity contribution in [3.8, 4) is 0 Å². The summed E-state index contributed by atoms with van der Waals surface area (Å²) in [6, 6.07) is 0. The molecule has 1 aliphatic rings. The summed E-state index contributed by atoms with van der Waals surface area (Å²) in [5.74, 6) is 0. The molecule has 1 aliphatic heterocycles. The molecule has 0 spiro atoms. The average molecular weight is 250 g/mol. The van der Waals surface area contributed by atoms with Crippen molar-refractivity contribution < 1.29 is 0 Å². The largest absolute Gasteiger partial charge is 0.305 e. The third kappa shape index (κ3) is 6.97. The zero-order valence-corrected chi connectivity index (χ0v) is 12.7. The molecule has 0 radical (unpaired) electrons. The smallest absolute Gasteiger partial charge is 0.0166 e. The number of hydrogen-bond donors (Lipinski definition) is 0. The molecule has 0 aromatic heterocycles. The zero-order valence-electron chi connectivity index (χ0n) is 12.7. The first kappa shape index (κ1) is 15.5. The fourth-order valence-electron chi connectivity index (χ4n) is 2.26. The Labute approximate surface area is 113 Å². The molecule has 0 unspecified atom stereocenters. The Morgan fingerprint density at radius 3 is 2.50 bits per heavy atom. The van der Waals surface area contributed by atoms with Crippen molar-refractivity contribution in [2.75, 3.05) is 39.8 Å². The molecule has 104 valence electrons. The molecule has 1 rings (SSSR count). The van der Waals surface area contributed by atoms with Crippen molar-refractivity contribution in [2.24, 2.45) is 0 Å². The molecule has 0 saturated carbocycles. The van der Waals surface area contributed by atoms with E-state index in [0.717, 1.165) is 6.54 Å². The highest BCUT2D eigenvalue weighted by atomic mass is 15.2. The van der Waals surface area contributed by atoms with Crippen LogP contribution < -0.4 is 0 Å². The van der Waals surface area contributed by atoms with Crippen LogP contribution in [-0.2, 0) is 0 Å². The number of allylic oxidation sites excluding steroid dienone is 3. The summed E-state index contributed by atoms with van der Waals surface area (Å²) >= 11 is 0. The van der Waals surface area contributed by atoms with Crippen molar-refractivity contribution >= 4 is 0 Å². The maximum Gasteiger partial charge on any atom is 0.0166 e. The highest BCUT2D eigenvalue weighted by Gasteiger charge is 2.10. The van der Waals surface area contributed by atoms with Crippen molar-refractivity contribution in [3.63, 3.8) is 0 Å². The van der Waals surface area contributed by atoms with E-state index in [2.05, 4.69) is 49.8 Å². The molecular weight excluding hydrogens is 220 g/mol. The molecule has 1 saturated heterocycles. The molecule has 1 fully saturated rings. The summed E-state index contributed by atoms with van der Waals surface area (Å²) in [4.78, 5) is 5.01. The van der Waals surface area contributed by atoms with Crippen molar-refractivity contribution in [3.05, 3.63) is 23.3 Å². The lowest BCUT2D eigenvalue weighted by atomic mass is 10.1. The third-order valence-electron chi connectivity index (χ3n) is 3.60. The fraction of sp³-hybridized carbons (Fsp3) is 0.750. The molecular formula is C16H30N2. The standard InChI is InChI=1S/C16H30N2/c1-15(2)7-5-8-16(3)9-12-18-11-6-10-17(4)13-14-18/h7,9H,5-6,8,10-14H2,1-4H3. The Kier molecular flexibility index (Phi) is 7.29. The van der Waals surface area contributed by atoms with Gasteiger partial charge in [0.05, 0.1) is 0 Å². The zero-order chi connectivity index (χ0) is 13.4. The van der Waals surface area contributed by atoms with Gasteiger partial charge in [0.1, 0.15) is 0 Å². The van der Waals surface area contributed by atoms with Crippen molar-refractivity contribution in [1.29, 1.82) is 0 Å². The Morgan fingerprint density at radius 2 is 1.78 bits per heavy atom. The molecule has 0 aromatic rings. The Morgan fingerprint density at radius 1 is 1.00 bits per heavy atom. The van der Waals surface area contributed by atoms with Gasteiger partial charge in [-0.05, 0) is 60.2 Å². The molecule has 2 heteroatoms. The SMILES string of the molecule is CC(C)=CCCC(C)=CCN1CCCN(C)CC1. The number of likely N-dealkylation sites (N-methyl/N-ethyl adjacent to an activating group) is 1. The molecule has 2 nitrogen and oxygen atoms in total. The molecule has 0 aliphatic carbocycles. The third-order valence-corrected chi connectivity index (χ3v) is 3.60. The lowest BCUT2D eigenvalue weighted by Crippen LogP contribution is -2.29. The van der Waals surface area contributed by atoms with Gasteiger partial charge in [-0.2, -0.15) is 0 Å². The summed E-state index contributed by atoms with van der Waals surface area (Å²) in [5, 5.41) is 0. The van der Waals surface area contributed by atoms with Crippen LogP contribution in [0.1, 0.15) is 40.0 Å². The maximum atomic E-state index is 2.58. The van der Waals surface area contributed by atoms with Crippen LogP contribution in [0.15, 0.2) is 23.3 Å². The van der Waals surface area contributed by atoms with Gasteiger partial charge in [-0.25, -0.2) is 0 Å². The highest BCUT2D eigenvalue weighted by molar-refractivity contribution is 5.03. The normalized spacial score (nSPS) is 19.7. The van der Waals surface area contributed by atoms with Crippen LogP contribution in [0.2, 0.25) is 0 Å². The van der Waals surface area contributed by atoms with Crippen LogP contribution >= 0.6 is 0 Å². The van der Waals surface area contributed by atoms with E-state index in [1.807, 2.05) is 0 Å². The minimum atomic E-state index is 1.13. The van der Waals surface area contributed by atoms with Gasteiger partial charge in [-0.15, -0.1) is 0 Å². The van der Waals surface area contributed by atoms with Gasteiger partial charge in [0.25, 0.3) is 0 Å². The molecule has 18 heavy (non-hydrogen) atoms. The predicted octanol–water partition coefficient (Wildman–Crippen LogP) is 3.32. The van der Waals surface area contributed by atoms with E-state index < -0.39 is 0 Å². The summed E-state index contributed by atoms with van der Waals surface area (Å²) in [6.45, 7) is 12.7. The number of rotatable bonds is 5. The number of nitrogens with zero attached hydrogens (tertiary/aromatic N) is 2. The lowest BCUT2D eigenvalue weighted by molar-refractivity contribution is 0.299. The number of hydrogen-bond acceptors (Lipinski definition) is 2. The van der Waals surface area contributed by atoms with Gasteiger partial charge in [-0.3, -0.25) is 4.90 Å². The van der Waals surface area contributed by atoms with Crippen LogP contribution in [0.5, 0.6) is 0 Å². The maximum absolute atomic E-state index is 2.58. The average Bonchev–Trinajstić information content (AvgIpc) is 2.51. The van der Waals surface area contributed by atoms with E-state index in [1.165, 1.54) is 56.6 Å². The summed E-state index contributed by atoms with van der Waals surface area (Å²) in [7, 11) is 2.23. The molecule has 1 heterocycles. The molecule has 0 aromatic carbocycles. The quantitative estimate of drug-likeness (QED) is 0.691. The van der Waals surface area contributed by atoms with E-state index in [1.54, 1.807) is 0 Å².